The van der Waals surface area contributed by atoms with Crippen LogP contribution in [0.5, 0.6) is 0 Å². The lowest BCUT2D eigenvalue weighted by molar-refractivity contribution is 0.112. The molecule has 0 aromatic heterocycles. The van der Waals surface area contributed by atoms with Gasteiger partial charge >= 0.3 is 0 Å². The molecule has 2 aliphatic heterocycles. The first-order valence-electron chi connectivity index (χ1n) is 7.24. The average molecular weight is 257 g/mol. The Kier molecular flexibility index (Phi) is 2.57. The van der Waals surface area contributed by atoms with Gasteiger partial charge in [0.2, 0.25) is 0 Å². The Bertz CT molecular complexity index is 501. The van der Waals surface area contributed by atoms with Crippen LogP contribution in [0.15, 0.2) is 12.1 Å². The van der Waals surface area contributed by atoms with Crippen LogP contribution >= 0.6 is 0 Å². The van der Waals surface area contributed by atoms with E-state index in [0.717, 1.165) is 24.9 Å². The highest BCUT2D eigenvalue weighted by molar-refractivity contribution is 5.80. The van der Waals surface area contributed by atoms with Crippen LogP contribution in [0.25, 0.3) is 0 Å². The summed E-state index contributed by atoms with van der Waals surface area (Å²) in [6.45, 7) is 11.5. The van der Waals surface area contributed by atoms with E-state index in [9.17, 15) is 4.79 Å². The van der Waals surface area contributed by atoms with Crippen molar-refractivity contribution in [3.8, 4) is 0 Å². The Balaban J connectivity index is 2.32. The molecule has 0 spiro atoms. The van der Waals surface area contributed by atoms with Crippen LogP contribution in [0.2, 0.25) is 0 Å². The fourth-order valence-corrected chi connectivity index (χ4v) is 3.53. The predicted molar refractivity (Wildman–Crippen MR) is 79.3 cm³/mol. The quantitative estimate of drug-likeness (QED) is 0.715. The highest BCUT2D eigenvalue weighted by atomic mass is 16.1. The molecule has 2 nitrogen and oxygen atoms in total. The van der Waals surface area contributed by atoms with Crippen molar-refractivity contribution in [2.24, 2.45) is 0 Å². The fraction of sp³-hybridized carbons (Fsp3) is 0.588. The lowest BCUT2D eigenvalue weighted by Gasteiger charge is -2.48. The number of anilines is 1. The van der Waals surface area contributed by atoms with E-state index < -0.39 is 0 Å². The molecule has 0 saturated carbocycles. The minimum atomic E-state index is 0.174. The van der Waals surface area contributed by atoms with E-state index >= 15 is 0 Å². The molecule has 0 radical (unpaired) electrons. The van der Waals surface area contributed by atoms with E-state index in [4.69, 9.17) is 0 Å². The van der Waals surface area contributed by atoms with Crippen molar-refractivity contribution in [1.29, 1.82) is 0 Å². The summed E-state index contributed by atoms with van der Waals surface area (Å²) in [4.78, 5) is 13.8. The summed E-state index contributed by atoms with van der Waals surface area (Å²) in [5.41, 5.74) is 5.33. The van der Waals surface area contributed by atoms with E-state index in [2.05, 4.69) is 44.7 Å². The summed E-state index contributed by atoms with van der Waals surface area (Å²) in [7, 11) is 0. The third-order valence-corrected chi connectivity index (χ3v) is 5.06. The van der Waals surface area contributed by atoms with Gasteiger partial charge in [-0.2, -0.15) is 0 Å². The molecule has 19 heavy (non-hydrogen) atoms. The third-order valence-electron chi connectivity index (χ3n) is 5.06. The van der Waals surface area contributed by atoms with Crippen LogP contribution in [-0.2, 0) is 10.8 Å². The Morgan fingerprint density at radius 3 is 1.89 bits per heavy atom. The smallest absolute Gasteiger partial charge is 0.150 e. The standard InChI is InChI=1S/C17H23NO/c1-16(2)5-7-18-8-6-17(3,4)14-10-12(11-19)9-13(16)15(14)18/h9-11H,5-8H2,1-4H3. The van der Waals surface area contributed by atoms with Gasteiger partial charge in [0.15, 0.2) is 0 Å². The van der Waals surface area contributed by atoms with Gasteiger partial charge in [-0.05, 0) is 46.9 Å². The maximum Gasteiger partial charge on any atom is 0.150 e. The second-order valence-electron chi connectivity index (χ2n) is 7.34. The Morgan fingerprint density at radius 1 is 1.00 bits per heavy atom. The zero-order valence-electron chi connectivity index (χ0n) is 12.4. The van der Waals surface area contributed by atoms with Gasteiger partial charge in [-0.25, -0.2) is 0 Å². The number of carbonyl (C=O) groups is 1. The van der Waals surface area contributed by atoms with Crippen molar-refractivity contribution < 1.29 is 4.79 Å². The first-order valence-corrected chi connectivity index (χ1v) is 7.24. The van der Waals surface area contributed by atoms with Gasteiger partial charge in [-0.15, -0.1) is 0 Å². The predicted octanol–water partition coefficient (Wildman–Crippen LogP) is 3.67. The molecular weight excluding hydrogens is 234 g/mol. The SMILES string of the molecule is CC1(C)CCN2CCC(C)(C)c3cc(C=O)cc1c32. The number of hydrogen-bond acceptors (Lipinski definition) is 2. The molecule has 0 saturated heterocycles. The number of nitrogens with zero attached hydrogens (tertiary/aromatic N) is 1. The Morgan fingerprint density at radius 2 is 1.47 bits per heavy atom. The Hall–Kier alpha value is -1.31. The number of hydrogen-bond donors (Lipinski definition) is 0. The molecule has 102 valence electrons. The normalized spacial score (nSPS) is 22.8. The van der Waals surface area contributed by atoms with Crippen LogP contribution in [0, 0.1) is 0 Å². The van der Waals surface area contributed by atoms with Crippen molar-refractivity contribution in [1.82, 2.24) is 0 Å². The summed E-state index contributed by atoms with van der Waals surface area (Å²) >= 11 is 0. The van der Waals surface area contributed by atoms with Crippen molar-refractivity contribution in [3.05, 3.63) is 28.8 Å². The van der Waals surface area contributed by atoms with Gasteiger partial charge in [-0.3, -0.25) is 4.79 Å². The van der Waals surface area contributed by atoms with E-state index in [0.29, 0.717) is 0 Å². The third kappa shape index (κ3) is 1.80. The molecule has 0 fully saturated rings. The molecule has 0 amide bonds. The number of rotatable bonds is 1. The summed E-state index contributed by atoms with van der Waals surface area (Å²) in [5, 5.41) is 0. The molecule has 0 bridgehead atoms. The van der Waals surface area contributed by atoms with E-state index in [-0.39, 0.29) is 10.8 Å². The number of aldehydes is 1. The molecular formula is C17H23NO. The minimum Gasteiger partial charge on any atom is -0.371 e. The van der Waals surface area contributed by atoms with Crippen LogP contribution in [0.3, 0.4) is 0 Å². The maximum atomic E-state index is 11.3. The summed E-state index contributed by atoms with van der Waals surface area (Å²) < 4.78 is 0. The van der Waals surface area contributed by atoms with E-state index in [1.54, 1.807) is 0 Å². The molecule has 2 heteroatoms. The fourth-order valence-electron chi connectivity index (χ4n) is 3.53. The lowest BCUT2D eigenvalue weighted by atomic mass is 9.69. The van der Waals surface area contributed by atoms with Crippen molar-refractivity contribution in [2.45, 2.75) is 51.4 Å². The maximum absolute atomic E-state index is 11.3. The Labute approximate surface area is 115 Å². The number of benzene rings is 1. The largest absolute Gasteiger partial charge is 0.371 e. The molecule has 2 heterocycles. The van der Waals surface area contributed by atoms with Crippen LogP contribution < -0.4 is 4.90 Å². The van der Waals surface area contributed by atoms with Gasteiger partial charge in [0.25, 0.3) is 0 Å². The van der Waals surface area contributed by atoms with Crippen LogP contribution in [0.4, 0.5) is 5.69 Å². The second-order valence-corrected chi connectivity index (χ2v) is 7.34. The van der Waals surface area contributed by atoms with Crippen LogP contribution in [0.1, 0.15) is 62.0 Å². The average Bonchev–Trinajstić information content (AvgIpc) is 2.36. The molecule has 0 atom stereocenters. The second kappa shape index (κ2) is 3.84. The molecule has 0 unspecified atom stereocenters. The summed E-state index contributed by atoms with van der Waals surface area (Å²) in [5.74, 6) is 0. The molecule has 0 aliphatic carbocycles. The summed E-state index contributed by atoms with van der Waals surface area (Å²) in [6, 6.07) is 4.22. The van der Waals surface area contributed by atoms with Gasteiger partial charge in [-0.1, -0.05) is 27.7 Å². The van der Waals surface area contributed by atoms with Crippen molar-refractivity contribution in [3.63, 3.8) is 0 Å². The van der Waals surface area contributed by atoms with Crippen LogP contribution in [-0.4, -0.2) is 19.4 Å². The molecule has 2 aliphatic rings. The number of carbonyl (C=O) groups excluding carboxylic acids is 1. The highest BCUT2D eigenvalue weighted by Crippen LogP contribution is 2.49. The molecule has 3 rings (SSSR count). The van der Waals surface area contributed by atoms with Gasteiger partial charge in [0.1, 0.15) is 6.29 Å². The topological polar surface area (TPSA) is 20.3 Å². The van der Waals surface area contributed by atoms with Gasteiger partial charge in [0.05, 0.1) is 0 Å². The van der Waals surface area contributed by atoms with Gasteiger partial charge < -0.3 is 4.90 Å². The lowest BCUT2D eigenvalue weighted by Crippen LogP contribution is -2.44. The molecule has 1 aromatic rings. The minimum absolute atomic E-state index is 0.174. The first-order chi connectivity index (χ1) is 8.85. The summed E-state index contributed by atoms with van der Waals surface area (Å²) in [6.07, 6.45) is 3.33. The highest BCUT2D eigenvalue weighted by Gasteiger charge is 2.39. The zero-order valence-corrected chi connectivity index (χ0v) is 12.4. The monoisotopic (exact) mass is 257 g/mol. The zero-order chi connectivity index (χ0) is 13.8. The van der Waals surface area contributed by atoms with E-state index in [1.165, 1.54) is 29.7 Å². The van der Waals surface area contributed by atoms with Crippen molar-refractivity contribution in [2.75, 3.05) is 18.0 Å². The first kappa shape index (κ1) is 12.7. The van der Waals surface area contributed by atoms with Crippen molar-refractivity contribution >= 4 is 12.0 Å². The van der Waals surface area contributed by atoms with E-state index in [1.807, 2.05) is 0 Å². The van der Waals surface area contributed by atoms with Gasteiger partial charge in [0, 0.05) is 24.3 Å². The molecule has 0 N–H and O–H groups in total. The molecule has 1 aromatic carbocycles.